The number of nitrogens with zero attached hydrogens (tertiary/aromatic N) is 2. The molecule has 2 saturated heterocycles. The van der Waals surface area contributed by atoms with Crippen molar-refractivity contribution in [2.24, 2.45) is 0 Å². The van der Waals surface area contributed by atoms with Crippen LogP contribution < -0.4 is 0 Å². The number of aromatic nitrogens is 2. The summed E-state index contributed by atoms with van der Waals surface area (Å²) >= 11 is 0. The van der Waals surface area contributed by atoms with Crippen molar-refractivity contribution in [1.82, 2.24) is 9.97 Å². The van der Waals surface area contributed by atoms with E-state index in [4.69, 9.17) is 18.9 Å². The molecule has 5 rings (SSSR count). The molecule has 2 aliphatic heterocycles. The van der Waals surface area contributed by atoms with E-state index in [9.17, 15) is 40.2 Å². The van der Waals surface area contributed by atoms with E-state index in [1.807, 2.05) is 0 Å². The number of carbonyl (C=O) groups is 2. The van der Waals surface area contributed by atoms with E-state index >= 15 is 0 Å². The molecule has 3 heterocycles. The largest absolute Gasteiger partial charge is 0.429 e. The van der Waals surface area contributed by atoms with Gasteiger partial charge in [-0.1, -0.05) is 12.1 Å². The number of rotatable bonds is 4. The Bertz CT molecular complexity index is 1330. The average Bonchev–Trinajstić information content (AvgIpc) is 2.94. The summed E-state index contributed by atoms with van der Waals surface area (Å²) < 4.78 is 21.2. The normalized spacial score (nSPS) is 34.5. The summed E-state index contributed by atoms with van der Waals surface area (Å²) in [5.41, 5.74) is 0.561. The molecule has 3 aromatic rings. The number of esters is 2. The quantitative estimate of drug-likeness (QED) is 0.162. The van der Waals surface area contributed by atoms with Crippen LogP contribution in [0.5, 0.6) is 0 Å². The number of hydrogen-bond donors (Lipinski definition) is 6. The van der Waals surface area contributed by atoms with Crippen molar-refractivity contribution < 1.29 is 59.2 Å². The highest BCUT2D eigenvalue weighted by Gasteiger charge is 2.45. The predicted molar refractivity (Wildman–Crippen MR) is 133 cm³/mol. The molecule has 1 aromatic heterocycles. The van der Waals surface area contributed by atoms with E-state index in [0.717, 1.165) is 0 Å². The molecule has 2 aromatic carbocycles. The zero-order chi connectivity index (χ0) is 28.9. The van der Waals surface area contributed by atoms with Gasteiger partial charge in [-0.05, 0) is 38.1 Å². The third-order valence-corrected chi connectivity index (χ3v) is 7.00. The third-order valence-electron chi connectivity index (χ3n) is 7.00. The zero-order valence-electron chi connectivity index (χ0n) is 21.3. The van der Waals surface area contributed by atoms with E-state index in [1.165, 1.54) is 38.1 Å². The van der Waals surface area contributed by atoms with Crippen LogP contribution in [0.25, 0.3) is 22.1 Å². The van der Waals surface area contributed by atoms with Gasteiger partial charge in [0.25, 0.3) is 0 Å². The number of benzene rings is 2. The summed E-state index contributed by atoms with van der Waals surface area (Å²) in [4.78, 5) is 35.0. The number of aliphatic hydroxyl groups excluding tert-OH is 6. The predicted octanol–water partition coefficient (Wildman–Crippen LogP) is -1.25. The van der Waals surface area contributed by atoms with E-state index in [0.29, 0.717) is 0 Å². The van der Waals surface area contributed by atoms with Crippen molar-refractivity contribution in [3.05, 3.63) is 47.5 Å². The summed E-state index contributed by atoms with van der Waals surface area (Å²) in [5, 5.41) is 60.1. The van der Waals surface area contributed by atoms with Crippen LogP contribution in [0.2, 0.25) is 0 Å². The van der Waals surface area contributed by atoms with Gasteiger partial charge in [-0.25, -0.2) is 19.6 Å². The van der Waals surface area contributed by atoms with Crippen LogP contribution in [0, 0.1) is 0 Å². The first-order valence-corrected chi connectivity index (χ1v) is 12.5. The van der Waals surface area contributed by atoms with Gasteiger partial charge in [0.05, 0.1) is 34.4 Å². The Morgan fingerprint density at radius 3 is 1.38 bits per heavy atom. The first kappa shape index (κ1) is 28.2. The van der Waals surface area contributed by atoms with Gasteiger partial charge in [-0.15, -0.1) is 0 Å². The van der Waals surface area contributed by atoms with Crippen LogP contribution in [-0.4, -0.2) is 114 Å². The summed E-state index contributed by atoms with van der Waals surface area (Å²) in [6, 6.07) is 8.91. The lowest BCUT2D eigenvalue weighted by Gasteiger charge is -2.38. The van der Waals surface area contributed by atoms with Crippen LogP contribution in [0.3, 0.4) is 0 Å². The summed E-state index contributed by atoms with van der Waals surface area (Å²) in [6.45, 7) is 2.90. The van der Waals surface area contributed by atoms with Gasteiger partial charge in [0.15, 0.2) is 0 Å². The van der Waals surface area contributed by atoms with Crippen LogP contribution in [0.1, 0.15) is 34.6 Å². The molecule has 10 atom stereocenters. The van der Waals surface area contributed by atoms with E-state index < -0.39 is 73.4 Å². The third kappa shape index (κ3) is 5.00. The molecular formula is C26H28N2O12. The Morgan fingerprint density at radius 2 is 1.00 bits per heavy atom. The maximum Gasteiger partial charge on any atom is 0.342 e. The van der Waals surface area contributed by atoms with E-state index in [-0.39, 0.29) is 33.2 Å². The standard InChI is InChI=1S/C26H28N2O12/c1-9-17(29)19(31)21(33)25(37-9)39-23(35)11-5-3-7-13-15(11)27-14-8-4-6-12(16(14)28-13)24(36)40-26-22(34)20(32)18(30)10(2)38-26/h3-10,17-22,25-26,29-34H,1-2H3/t9-,10-,17-,18-,19+,20+,21+,22+,25-,26-/m1/s1. The lowest BCUT2D eigenvalue weighted by Crippen LogP contribution is -2.57. The summed E-state index contributed by atoms with van der Waals surface area (Å²) in [7, 11) is 0. The van der Waals surface area contributed by atoms with Gasteiger partial charge in [0, 0.05) is 0 Å². The first-order chi connectivity index (χ1) is 19.0. The molecule has 0 unspecified atom stereocenters. The first-order valence-electron chi connectivity index (χ1n) is 12.5. The van der Waals surface area contributed by atoms with Crippen LogP contribution >= 0.6 is 0 Å². The lowest BCUT2D eigenvalue weighted by atomic mass is 10.00. The molecule has 2 aliphatic rings. The molecule has 14 nitrogen and oxygen atoms in total. The lowest BCUT2D eigenvalue weighted by molar-refractivity contribution is -0.276. The minimum atomic E-state index is -1.69. The van der Waals surface area contributed by atoms with Crippen molar-refractivity contribution in [2.75, 3.05) is 0 Å². The Hall–Kier alpha value is -3.34. The molecular weight excluding hydrogens is 532 g/mol. The van der Waals surface area contributed by atoms with Crippen molar-refractivity contribution in [2.45, 2.75) is 75.3 Å². The SMILES string of the molecule is C[C@H]1O[C@H](OC(=O)c2cccc3nc4c(C(=O)O[C@H]5O[C@H](C)[C@@H](O)[C@H](O)[C@@H]5O)cccc4nc23)[C@@H](O)[C@@H](O)[C@@H]1O. The second-order valence-electron chi connectivity index (χ2n) is 9.74. The van der Waals surface area contributed by atoms with Crippen molar-refractivity contribution >= 4 is 34.0 Å². The number of hydrogen-bond acceptors (Lipinski definition) is 14. The van der Waals surface area contributed by atoms with Gasteiger partial charge < -0.3 is 49.6 Å². The molecule has 0 saturated carbocycles. The minimum Gasteiger partial charge on any atom is -0.429 e. The maximum absolute atomic E-state index is 13.0. The van der Waals surface area contributed by atoms with Crippen molar-refractivity contribution in [1.29, 1.82) is 0 Å². The highest BCUT2D eigenvalue weighted by atomic mass is 16.7. The second-order valence-corrected chi connectivity index (χ2v) is 9.74. The van der Waals surface area contributed by atoms with Gasteiger partial charge in [0.1, 0.15) is 47.7 Å². The monoisotopic (exact) mass is 560 g/mol. The summed E-state index contributed by atoms with van der Waals surface area (Å²) in [6.07, 6.45) is -14.2. The smallest absolute Gasteiger partial charge is 0.342 e. The van der Waals surface area contributed by atoms with Gasteiger partial charge >= 0.3 is 11.9 Å². The van der Waals surface area contributed by atoms with Crippen molar-refractivity contribution in [3.63, 3.8) is 0 Å². The van der Waals surface area contributed by atoms with Gasteiger partial charge in [-0.3, -0.25) is 0 Å². The second kappa shape index (κ2) is 10.9. The molecule has 0 aliphatic carbocycles. The fraction of sp³-hybridized carbons (Fsp3) is 0.462. The van der Waals surface area contributed by atoms with E-state index in [1.54, 1.807) is 12.1 Å². The topological polar surface area (TPSA) is 218 Å². The molecule has 6 N–H and O–H groups in total. The summed E-state index contributed by atoms with van der Waals surface area (Å²) in [5.74, 6) is -1.87. The Balaban J connectivity index is 1.43. The number of aliphatic hydroxyl groups is 6. The van der Waals surface area contributed by atoms with Gasteiger partial charge in [-0.2, -0.15) is 0 Å². The average molecular weight is 561 g/mol. The molecule has 214 valence electrons. The van der Waals surface area contributed by atoms with Crippen LogP contribution in [0.4, 0.5) is 0 Å². The maximum atomic E-state index is 13.0. The van der Waals surface area contributed by atoms with Crippen molar-refractivity contribution in [3.8, 4) is 0 Å². The van der Waals surface area contributed by atoms with E-state index in [2.05, 4.69) is 9.97 Å². The number of fused-ring (bicyclic) bond motifs is 2. The molecule has 0 spiro atoms. The van der Waals surface area contributed by atoms with Gasteiger partial charge in [0.2, 0.25) is 12.6 Å². The van der Waals surface area contributed by atoms with Crippen LogP contribution in [-0.2, 0) is 18.9 Å². The number of para-hydroxylation sites is 2. The zero-order valence-corrected chi connectivity index (χ0v) is 21.3. The number of carbonyl (C=O) groups excluding carboxylic acids is 2. The molecule has 2 fully saturated rings. The highest BCUT2D eigenvalue weighted by molar-refractivity contribution is 6.07. The number of ether oxygens (including phenoxy) is 4. The Labute approximate surface area is 226 Å². The minimum absolute atomic E-state index is 0.0378. The van der Waals surface area contributed by atoms with Crippen LogP contribution in [0.15, 0.2) is 36.4 Å². The molecule has 0 bridgehead atoms. The fourth-order valence-corrected chi connectivity index (χ4v) is 4.61. The molecule has 0 radical (unpaired) electrons. The molecule has 14 heteroatoms. The molecule has 0 amide bonds. The Kier molecular flexibility index (Phi) is 7.69. The highest BCUT2D eigenvalue weighted by Crippen LogP contribution is 2.27. The molecule has 40 heavy (non-hydrogen) atoms. The Morgan fingerprint density at radius 1 is 0.625 bits per heavy atom. The fourth-order valence-electron chi connectivity index (χ4n) is 4.61.